The van der Waals surface area contributed by atoms with Gasteiger partial charge in [0.25, 0.3) is 0 Å². The number of hydrogen-bond donors (Lipinski definition) is 4. The average molecular weight is 393 g/mol. The Kier molecular flexibility index (Phi) is 5.36. The van der Waals surface area contributed by atoms with Gasteiger partial charge in [-0.05, 0) is 24.6 Å². The number of aliphatic hydroxyl groups is 1. The van der Waals surface area contributed by atoms with Crippen LogP contribution in [0.25, 0.3) is 22.4 Å². The number of halogens is 3. The van der Waals surface area contributed by atoms with Crippen LogP contribution in [0.3, 0.4) is 0 Å². The molecule has 0 aliphatic heterocycles. The van der Waals surface area contributed by atoms with Gasteiger partial charge in [-0.2, -0.15) is 18.3 Å². The monoisotopic (exact) mass is 393 g/mol. The number of fused-ring (bicyclic) bond motifs is 3. The number of anilines is 1. The predicted octanol–water partition coefficient (Wildman–Crippen LogP) is 2.16. The van der Waals surface area contributed by atoms with Crippen LogP contribution in [0.15, 0.2) is 35.7 Å². The Bertz CT molecular complexity index is 1040. The van der Waals surface area contributed by atoms with Crippen LogP contribution in [0, 0.1) is 0 Å². The molecule has 2 heterocycles. The summed E-state index contributed by atoms with van der Waals surface area (Å²) < 4.78 is 41.0. The summed E-state index contributed by atoms with van der Waals surface area (Å²) in [7, 11) is 0. The Balaban J connectivity index is 2.29. The number of hydrogen-bond acceptors (Lipinski definition) is 7. The van der Waals surface area contributed by atoms with Gasteiger partial charge in [0.1, 0.15) is 0 Å². The third kappa shape index (κ3) is 3.56. The quantitative estimate of drug-likeness (QED) is 0.278. The summed E-state index contributed by atoms with van der Waals surface area (Å²) in [4.78, 5) is 8.64. The Morgan fingerprint density at radius 1 is 1.39 bits per heavy atom. The number of aromatic nitrogens is 3. The second-order valence-electron chi connectivity index (χ2n) is 5.82. The van der Waals surface area contributed by atoms with Crippen LogP contribution in [0.5, 0.6) is 0 Å². The first-order chi connectivity index (χ1) is 13.4. The van der Waals surface area contributed by atoms with Crippen molar-refractivity contribution < 1.29 is 18.3 Å². The van der Waals surface area contributed by atoms with E-state index in [1.54, 1.807) is 4.40 Å². The summed E-state index contributed by atoms with van der Waals surface area (Å²) in [6.45, 7) is 3.68. The molecule has 3 aromatic rings. The number of hydrazone groups is 1. The number of nitrogens with zero attached hydrogens (tertiary/aromatic N) is 4. The fraction of sp³-hybridized carbons (Fsp3) is 0.235. The summed E-state index contributed by atoms with van der Waals surface area (Å²) >= 11 is 0. The van der Waals surface area contributed by atoms with Gasteiger partial charge in [0.15, 0.2) is 11.5 Å². The Hall–Kier alpha value is -3.34. The fourth-order valence-corrected chi connectivity index (χ4v) is 2.77. The standard InChI is InChI=1S/C17H18F3N7O/c1-22-26-12(8-21)14-9-24-16-15(23-5-2-6-28)25-11-7-10(17(18,19)20)3-4-13(11)27(14)16/h3-4,7-9,26,28H,1-2,5-6,21H2,(H,23,25)/b12-8-. The second kappa shape index (κ2) is 7.72. The molecular formula is C17H18F3N7O. The van der Waals surface area contributed by atoms with E-state index in [9.17, 15) is 13.2 Å². The van der Waals surface area contributed by atoms with Gasteiger partial charge in [0.2, 0.25) is 0 Å². The van der Waals surface area contributed by atoms with Gasteiger partial charge in [-0.25, -0.2) is 9.97 Å². The maximum Gasteiger partial charge on any atom is 0.416 e. The molecule has 11 heteroatoms. The van der Waals surface area contributed by atoms with Crippen molar-refractivity contribution in [2.45, 2.75) is 12.6 Å². The molecule has 3 rings (SSSR count). The maximum atomic E-state index is 13.1. The van der Waals surface area contributed by atoms with Crippen LogP contribution in [0.2, 0.25) is 0 Å². The van der Waals surface area contributed by atoms with Gasteiger partial charge < -0.3 is 16.2 Å². The molecule has 0 saturated carbocycles. The van der Waals surface area contributed by atoms with Crippen LogP contribution in [0.4, 0.5) is 19.0 Å². The lowest BCUT2D eigenvalue weighted by Crippen LogP contribution is -2.12. The van der Waals surface area contributed by atoms with E-state index >= 15 is 0 Å². The first kappa shape index (κ1) is 19.4. The Labute approximate surface area is 157 Å². The smallest absolute Gasteiger partial charge is 0.403 e. The highest BCUT2D eigenvalue weighted by molar-refractivity contribution is 5.86. The molecule has 0 amide bonds. The molecule has 0 spiro atoms. The molecule has 0 bridgehead atoms. The Morgan fingerprint density at radius 3 is 2.82 bits per heavy atom. The number of rotatable bonds is 7. The van der Waals surface area contributed by atoms with Crippen molar-refractivity contribution in [3.63, 3.8) is 0 Å². The number of aliphatic hydroxyl groups excluding tert-OH is 1. The summed E-state index contributed by atoms with van der Waals surface area (Å²) in [6.07, 6.45) is -1.29. The van der Waals surface area contributed by atoms with Crippen LogP contribution in [-0.2, 0) is 6.18 Å². The van der Waals surface area contributed by atoms with E-state index in [4.69, 9.17) is 10.8 Å². The molecule has 2 aromatic heterocycles. The first-order valence-electron chi connectivity index (χ1n) is 8.28. The highest BCUT2D eigenvalue weighted by Crippen LogP contribution is 2.33. The lowest BCUT2D eigenvalue weighted by molar-refractivity contribution is -0.137. The molecule has 0 fully saturated rings. The topological polar surface area (TPSA) is 113 Å². The van der Waals surface area contributed by atoms with E-state index in [0.29, 0.717) is 35.5 Å². The van der Waals surface area contributed by atoms with Crippen LogP contribution in [0.1, 0.15) is 17.7 Å². The summed E-state index contributed by atoms with van der Waals surface area (Å²) in [5.41, 5.74) is 9.24. The SMILES string of the molecule is C=NN/C(=C\N)c1cnc2c(NCCCO)nc3cc(C(F)(F)F)ccc3n12. The lowest BCUT2D eigenvalue weighted by atomic mass is 10.2. The molecule has 0 saturated heterocycles. The van der Waals surface area contributed by atoms with Gasteiger partial charge in [-0.15, -0.1) is 0 Å². The number of benzene rings is 1. The van der Waals surface area contributed by atoms with E-state index < -0.39 is 11.7 Å². The number of nitrogens with one attached hydrogen (secondary N) is 2. The van der Waals surface area contributed by atoms with Crippen molar-refractivity contribution in [2.75, 3.05) is 18.5 Å². The number of alkyl halides is 3. The van der Waals surface area contributed by atoms with Crippen molar-refractivity contribution in [1.29, 1.82) is 0 Å². The lowest BCUT2D eigenvalue weighted by Gasteiger charge is -2.14. The van der Waals surface area contributed by atoms with Crippen molar-refractivity contribution in [3.8, 4) is 0 Å². The molecular weight excluding hydrogens is 375 g/mol. The largest absolute Gasteiger partial charge is 0.416 e. The summed E-state index contributed by atoms with van der Waals surface area (Å²) in [5.74, 6) is 0.287. The van der Waals surface area contributed by atoms with Crippen molar-refractivity contribution >= 4 is 34.9 Å². The zero-order valence-electron chi connectivity index (χ0n) is 14.7. The van der Waals surface area contributed by atoms with Crippen molar-refractivity contribution in [3.05, 3.63) is 41.9 Å². The molecule has 0 unspecified atom stereocenters. The molecule has 148 valence electrons. The number of nitrogens with two attached hydrogens (primary N) is 1. The third-order valence-electron chi connectivity index (χ3n) is 4.02. The molecule has 0 aliphatic carbocycles. The molecule has 0 atom stereocenters. The van der Waals surface area contributed by atoms with E-state index in [2.05, 4.69) is 32.5 Å². The predicted molar refractivity (Wildman–Crippen MR) is 101 cm³/mol. The molecule has 0 radical (unpaired) electrons. The minimum absolute atomic E-state index is 0.0379. The number of imidazole rings is 1. The molecule has 1 aromatic carbocycles. The maximum absolute atomic E-state index is 13.1. The van der Waals surface area contributed by atoms with Gasteiger partial charge >= 0.3 is 6.18 Å². The van der Waals surface area contributed by atoms with Crippen LogP contribution in [-0.4, -0.2) is 39.3 Å². The van der Waals surface area contributed by atoms with E-state index in [1.807, 2.05) is 0 Å². The minimum Gasteiger partial charge on any atom is -0.403 e. The molecule has 28 heavy (non-hydrogen) atoms. The van der Waals surface area contributed by atoms with Crippen molar-refractivity contribution in [2.24, 2.45) is 10.8 Å². The highest BCUT2D eigenvalue weighted by Gasteiger charge is 2.31. The van der Waals surface area contributed by atoms with Gasteiger partial charge in [-0.3, -0.25) is 9.83 Å². The van der Waals surface area contributed by atoms with Crippen molar-refractivity contribution in [1.82, 2.24) is 19.8 Å². The second-order valence-corrected chi connectivity index (χ2v) is 5.82. The molecule has 8 nitrogen and oxygen atoms in total. The molecule has 5 N–H and O–H groups in total. The zero-order valence-corrected chi connectivity index (χ0v) is 14.7. The van der Waals surface area contributed by atoms with Gasteiger partial charge in [0, 0.05) is 26.1 Å². The summed E-state index contributed by atoms with van der Waals surface area (Å²) in [6, 6.07) is 3.29. The zero-order chi connectivity index (χ0) is 20.3. The van der Waals surface area contributed by atoms with Crippen LogP contribution < -0.4 is 16.5 Å². The van der Waals surface area contributed by atoms with E-state index in [1.165, 1.54) is 18.5 Å². The van der Waals surface area contributed by atoms with E-state index in [0.717, 1.165) is 12.1 Å². The molecule has 0 aliphatic rings. The third-order valence-corrected chi connectivity index (χ3v) is 4.02. The first-order valence-corrected chi connectivity index (χ1v) is 8.28. The highest BCUT2D eigenvalue weighted by atomic mass is 19.4. The van der Waals surface area contributed by atoms with E-state index in [-0.39, 0.29) is 17.9 Å². The normalized spacial score (nSPS) is 12.5. The minimum atomic E-state index is -4.50. The van der Waals surface area contributed by atoms with Gasteiger partial charge in [-0.1, -0.05) is 0 Å². The fourth-order valence-electron chi connectivity index (χ4n) is 2.77. The van der Waals surface area contributed by atoms with Crippen LogP contribution >= 0.6 is 0 Å². The Morgan fingerprint density at radius 2 is 2.18 bits per heavy atom. The summed E-state index contributed by atoms with van der Waals surface area (Å²) in [5, 5.41) is 15.6. The van der Waals surface area contributed by atoms with Gasteiger partial charge in [0.05, 0.1) is 34.2 Å². The average Bonchev–Trinajstić information content (AvgIpc) is 3.10.